The van der Waals surface area contributed by atoms with Crippen LogP contribution in [0.5, 0.6) is 6.01 Å². The summed E-state index contributed by atoms with van der Waals surface area (Å²) >= 11 is 7.40. The van der Waals surface area contributed by atoms with Gasteiger partial charge < -0.3 is 24.6 Å². The van der Waals surface area contributed by atoms with Gasteiger partial charge in [-0.3, -0.25) is 4.57 Å². The molecule has 0 aliphatic carbocycles. The number of likely N-dealkylation sites (tertiary alicyclic amines) is 1. The molecule has 40 heavy (non-hydrogen) atoms. The van der Waals surface area contributed by atoms with Crippen LogP contribution in [0.25, 0.3) is 21.7 Å². The van der Waals surface area contributed by atoms with E-state index in [4.69, 9.17) is 20.9 Å². The number of benzene rings is 1. The van der Waals surface area contributed by atoms with Crippen molar-refractivity contribution in [3.63, 3.8) is 0 Å². The Morgan fingerprint density at radius 3 is 2.70 bits per heavy atom. The molecule has 1 amide bonds. The van der Waals surface area contributed by atoms with Crippen LogP contribution in [0.4, 0.5) is 4.79 Å². The van der Waals surface area contributed by atoms with Gasteiger partial charge in [-0.2, -0.15) is 4.98 Å². The first-order valence-corrected chi connectivity index (χ1v) is 15.7. The first-order chi connectivity index (χ1) is 19.1. The van der Waals surface area contributed by atoms with Crippen LogP contribution >= 0.6 is 22.9 Å². The minimum Gasteiger partial charge on any atom is -0.395 e. The molecule has 1 saturated heterocycles. The molecule has 0 atom stereocenters. The number of nitrogens with one attached hydrogen (secondary N) is 1. The molecule has 0 saturated carbocycles. The van der Waals surface area contributed by atoms with Crippen LogP contribution in [-0.2, 0) is 16.4 Å². The van der Waals surface area contributed by atoms with Gasteiger partial charge in [-0.05, 0) is 57.0 Å². The van der Waals surface area contributed by atoms with Gasteiger partial charge in [0, 0.05) is 31.2 Å². The van der Waals surface area contributed by atoms with Gasteiger partial charge in [-0.1, -0.05) is 16.8 Å². The molecule has 1 fully saturated rings. The number of amides is 1. The van der Waals surface area contributed by atoms with Gasteiger partial charge in [0.05, 0.1) is 44.0 Å². The normalized spacial score (nSPS) is 15.2. The summed E-state index contributed by atoms with van der Waals surface area (Å²) in [6.07, 6.45) is 0.982. The van der Waals surface area contributed by atoms with Gasteiger partial charge in [0.1, 0.15) is 5.69 Å². The number of carbonyl (C=O) groups excluding carboxylic acids is 1. The minimum atomic E-state index is -3.73. The van der Waals surface area contributed by atoms with Crippen LogP contribution in [-0.4, -0.2) is 76.8 Å². The lowest BCUT2D eigenvalue weighted by molar-refractivity contribution is 0.150. The first kappa shape index (κ1) is 28.6. The van der Waals surface area contributed by atoms with Crippen molar-refractivity contribution in [1.29, 1.82) is 0 Å². The molecule has 11 nitrogen and oxygen atoms in total. The monoisotopic (exact) mass is 607 g/mol. The van der Waals surface area contributed by atoms with Crippen molar-refractivity contribution in [3.05, 3.63) is 46.4 Å². The molecule has 14 heteroatoms. The summed E-state index contributed by atoms with van der Waals surface area (Å²) in [5, 5.41) is 16.3. The SMILES string of the molecule is CC(C)N1CCC(NC(=O)Oc2nc3ccc(S(=O)(=O)CCO)cc3n2Cc2cc(-c3ccc(Cl)s3)on2)CC1. The number of sulfone groups is 1. The van der Waals surface area contributed by atoms with Gasteiger partial charge in [0.2, 0.25) is 0 Å². The zero-order chi connectivity index (χ0) is 28.4. The number of aliphatic hydroxyl groups is 1. The van der Waals surface area contributed by atoms with Gasteiger partial charge in [0.15, 0.2) is 15.6 Å². The van der Waals surface area contributed by atoms with E-state index in [1.807, 2.05) is 6.07 Å². The average molecular weight is 608 g/mol. The molecule has 3 aromatic heterocycles. The van der Waals surface area contributed by atoms with Crippen LogP contribution in [0.15, 0.2) is 45.8 Å². The van der Waals surface area contributed by atoms with E-state index in [-0.39, 0.29) is 23.5 Å². The molecular formula is C26H30ClN5O6S2. The third kappa shape index (κ3) is 6.33. The number of aliphatic hydroxyl groups excluding tert-OH is 1. The largest absolute Gasteiger partial charge is 0.415 e. The molecule has 0 radical (unpaired) electrons. The topological polar surface area (TPSA) is 140 Å². The quantitative estimate of drug-likeness (QED) is 0.287. The number of nitrogens with zero attached hydrogens (tertiary/aromatic N) is 4. The number of carbonyl (C=O) groups is 1. The number of piperidine rings is 1. The molecule has 2 N–H and O–H groups in total. The smallest absolute Gasteiger partial charge is 0.395 e. The van der Waals surface area contributed by atoms with Crippen molar-refractivity contribution < 1.29 is 27.6 Å². The van der Waals surface area contributed by atoms with Crippen molar-refractivity contribution in [2.45, 2.75) is 50.2 Å². The molecule has 0 unspecified atom stereocenters. The summed E-state index contributed by atoms with van der Waals surface area (Å²) in [6.45, 7) is 5.67. The van der Waals surface area contributed by atoms with Crippen LogP contribution in [0.2, 0.25) is 4.34 Å². The molecular weight excluding hydrogens is 578 g/mol. The van der Waals surface area contributed by atoms with Gasteiger partial charge in [-0.25, -0.2) is 13.2 Å². The Kier molecular flexibility index (Phi) is 8.47. The summed E-state index contributed by atoms with van der Waals surface area (Å²) in [7, 11) is -3.73. The number of thiophene rings is 1. The highest BCUT2D eigenvalue weighted by Crippen LogP contribution is 2.32. The fourth-order valence-electron chi connectivity index (χ4n) is 4.69. The highest BCUT2D eigenvalue weighted by Gasteiger charge is 2.25. The zero-order valence-electron chi connectivity index (χ0n) is 22.0. The lowest BCUT2D eigenvalue weighted by Gasteiger charge is -2.34. The van der Waals surface area contributed by atoms with Gasteiger partial charge in [-0.15, -0.1) is 11.3 Å². The van der Waals surface area contributed by atoms with Crippen molar-refractivity contribution in [2.24, 2.45) is 0 Å². The Morgan fingerprint density at radius 2 is 2.02 bits per heavy atom. The van der Waals surface area contributed by atoms with Crippen molar-refractivity contribution in [2.75, 3.05) is 25.4 Å². The summed E-state index contributed by atoms with van der Waals surface area (Å²) < 4.78 is 38.7. The van der Waals surface area contributed by atoms with Crippen LogP contribution in [0, 0.1) is 0 Å². The van der Waals surface area contributed by atoms with E-state index in [2.05, 4.69) is 34.2 Å². The third-order valence-electron chi connectivity index (χ3n) is 6.86. The van der Waals surface area contributed by atoms with E-state index in [0.29, 0.717) is 32.9 Å². The fourth-order valence-corrected chi connectivity index (χ4v) is 6.73. The average Bonchev–Trinajstić information content (AvgIpc) is 3.63. The standard InChI is InChI=1S/C26H30ClN5O6S2/c1-16(2)31-9-7-17(8-10-31)28-26(34)37-25-29-20-4-3-19(40(35,36)12-11-33)14-21(20)32(25)15-18-13-22(38-30-18)23-5-6-24(27)39-23/h3-6,13-14,16-17,33H,7-12,15H2,1-2H3,(H,28,34). The molecule has 214 valence electrons. The van der Waals surface area contributed by atoms with Gasteiger partial charge >= 0.3 is 12.1 Å². The second-order valence-corrected chi connectivity index (χ2v) is 13.7. The van der Waals surface area contributed by atoms with Crippen LogP contribution in [0.1, 0.15) is 32.4 Å². The van der Waals surface area contributed by atoms with Crippen molar-refractivity contribution in [1.82, 2.24) is 24.9 Å². The number of aromatic nitrogens is 3. The van der Waals surface area contributed by atoms with E-state index in [0.717, 1.165) is 30.8 Å². The maximum atomic E-state index is 12.9. The van der Waals surface area contributed by atoms with E-state index >= 15 is 0 Å². The third-order valence-corrected chi connectivity index (χ3v) is 9.80. The minimum absolute atomic E-state index is 0.00691. The Morgan fingerprint density at radius 1 is 1.25 bits per heavy atom. The molecule has 0 spiro atoms. The second kappa shape index (κ2) is 11.9. The van der Waals surface area contributed by atoms with Crippen molar-refractivity contribution >= 4 is 49.9 Å². The number of ether oxygens (including phenoxy) is 1. The predicted molar refractivity (Wildman–Crippen MR) is 152 cm³/mol. The summed E-state index contributed by atoms with van der Waals surface area (Å²) in [6, 6.07) is 10.2. The molecule has 4 aromatic rings. The number of fused-ring (bicyclic) bond motifs is 1. The Bertz CT molecular complexity index is 1600. The van der Waals surface area contributed by atoms with Crippen molar-refractivity contribution in [3.8, 4) is 16.6 Å². The zero-order valence-corrected chi connectivity index (χ0v) is 24.4. The van der Waals surface area contributed by atoms with Crippen LogP contribution in [0.3, 0.4) is 0 Å². The molecule has 0 bridgehead atoms. The highest BCUT2D eigenvalue weighted by atomic mass is 35.5. The highest BCUT2D eigenvalue weighted by molar-refractivity contribution is 7.91. The number of rotatable bonds is 9. The lowest BCUT2D eigenvalue weighted by Crippen LogP contribution is -2.47. The van der Waals surface area contributed by atoms with Gasteiger partial charge in [0.25, 0.3) is 0 Å². The maximum Gasteiger partial charge on any atom is 0.415 e. The summed E-state index contributed by atoms with van der Waals surface area (Å²) in [5.41, 5.74) is 1.37. The first-order valence-electron chi connectivity index (χ1n) is 12.9. The number of halogens is 1. The number of hydrogen-bond donors (Lipinski definition) is 2. The molecule has 4 heterocycles. The second-order valence-electron chi connectivity index (χ2n) is 9.90. The fraction of sp³-hybridized carbons (Fsp3) is 0.423. The van der Waals surface area contributed by atoms with E-state index < -0.39 is 28.3 Å². The van der Waals surface area contributed by atoms with E-state index in [1.54, 1.807) is 22.8 Å². The lowest BCUT2D eigenvalue weighted by atomic mass is 10.0. The molecule has 5 rings (SSSR count). The predicted octanol–water partition coefficient (Wildman–Crippen LogP) is 4.18. The number of hydrogen-bond acceptors (Lipinski definition) is 10. The Balaban J connectivity index is 1.42. The maximum absolute atomic E-state index is 12.9. The van der Waals surface area contributed by atoms with Crippen LogP contribution < -0.4 is 10.1 Å². The summed E-state index contributed by atoms with van der Waals surface area (Å²) in [5.74, 6) is 0.111. The molecule has 1 aliphatic rings. The summed E-state index contributed by atoms with van der Waals surface area (Å²) in [4.78, 5) is 20.6. The number of imidazole rings is 1. The Labute approximate surface area is 240 Å². The van der Waals surface area contributed by atoms with E-state index in [9.17, 15) is 18.3 Å². The van der Waals surface area contributed by atoms with E-state index in [1.165, 1.54) is 23.5 Å². The molecule has 1 aromatic carbocycles. The Hall–Kier alpha value is -2.97. The molecule has 1 aliphatic heterocycles.